The van der Waals surface area contributed by atoms with Gasteiger partial charge < -0.3 is 15.8 Å². The van der Waals surface area contributed by atoms with E-state index in [0.717, 1.165) is 43.7 Å². The second kappa shape index (κ2) is 8.02. The second-order valence-corrected chi connectivity index (χ2v) is 6.76. The van der Waals surface area contributed by atoms with Gasteiger partial charge in [-0.1, -0.05) is 19.3 Å². The van der Waals surface area contributed by atoms with Crippen molar-refractivity contribution in [1.82, 2.24) is 0 Å². The molecule has 0 spiro atoms. The molecule has 1 aliphatic heterocycles. The topological polar surface area (TPSA) is 64.4 Å². The molecule has 1 fully saturated rings. The number of anilines is 1. The van der Waals surface area contributed by atoms with Crippen LogP contribution < -0.4 is 15.8 Å². The van der Waals surface area contributed by atoms with Gasteiger partial charge in [0.15, 0.2) is 0 Å². The van der Waals surface area contributed by atoms with Crippen molar-refractivity contribution in [3.8, 4) is 5.75 Å². The number of benzene rings is 1. The first-order valence-corrected chi connectivity index (χ1v) is 8.46. The van der Waals surface area contributed by atoms with Crippen LogP contribution in [0.3, 0.4) is 0 Å². The van der Waals surface area contributed by atoms with E-state index in [0.29, 0.717) is 13.0 Å². The van der Waals surface area contributed by atoms with E-state index in [-0.39, 0.29) is 23.7 Å². The predicted molar refractivity (Wildman–Crippen MR) is 95.3 cm³/mol. The van der Waals surface area contributed by atoms with Crippen molar-refractivity contribution >= 4 is 24.0 Å². The first kappa shape index (κ1) is 18.1. The third-order valence-electron chi connectivity index (χ3n) is 5.08. The Labute approximate surface area is 144 Å². The van der Waals surface area contributed by atoms with Crippen LogP contribution in [-0.4, -0.2) is 19.1 Å². The highest BCUT2D eigenvalue weighted by atomic mass is 35.5. The number of halogens is 1. The second-order valence-electron chi connectivity index (χ2n) is 6.76. The molecule has 1 saturated carbocycles. The molecule has 1 aromatic carbocycles. The Morgan fingerprint density at radius 1 is 1.22 bits per heavy atom. The minimum Gasteiger partial charge on any atom is -0.493 e. The largest absolute Gasteiger partial charge is 0.493 e. The third kappa shape index (κ3) is 4.39. The Kier molecular flexibility index (Phi) is 6.31. The normalized spacial score (nSPS) is 19.0. The molecule has 0 radical (unpaired) electrons. The average Bonchev–Trinajstić information content (AvgIpc) is 2.55. The summed E-state index contributed by atoms with van der Waals surface area (Å²) in [6.45, 7) is 1.40. The fourth-order valence-corrected chi connectivity index (χ4v) is 3.74. The first-order chi connectivity index (χ1) is 10.7. The molecule has 5 heteroatoms. The number of hydrogen-bond donors (Lipinski definition) is 2. The molecule has 128 valence electrons. The van der Waals surface area contributed by atoms with Gasteiger partial charge in [-0.3, -0.25) is 4.79 Å². The van der Waals surface area contributed by atoms with Crippen LogP contribution in [0.25, 0.3) is 0 Å². The van der Waals surface area contributed by atoms with Crippen LogP contribution in [0.5, 0.6) is 5.75 Å². The van der Waals surface area contributed by atoms with Gasteiger partial charge >= 0.3 is 0 Å². The lowest BCUT2D eigenvalue weighted by molar-refractivity contribution is -0.118. The van der Waals surface area contributed by atoms with Crippen molar-refractivity contribution in [2.45, 2.75) is 51.4 Å². The number of hydrogen-bond acceptors (Lipinski definition) is 3. The molecule has 1 aliphatic carbocycles. The van der Waals surface area contributed by atoms with Crippen molar-refractivity contribution in [3.05, 3.63) is 23.8 Å². The van der Waals surface area contributed by atoms with Gasteiger partial charge in [0.05, 0.1) is 6.61 Å². The molecular formula is C18H27ClN2O2. The molecule has 0 bridgehead atoms. The molecule has 1 heterocycles. The maximum absolute atomic E-state index is 12.4. The van der Waals surface area contributed by atoms with Gasteiger partial charge in [0.1, 0.15) is 5.75 Å². The SMILES string of the molecule is Cl.NCC1(CC(=O)Nc2ccc3c(c2)CCCO3)CCCCC1. The van der Waals surface area contributed by atoms with Crippen LogP contribution in [-0.2, 0) is 11.2 Å². The van der Waals surface area contributed by atoms with Gasteiger partial charge in [0.2, 0.25) is 5.91 Å². The third-order valence-corrected chi connectivity index (χ3v) is 5.08. The van der Waals surface area contributed by atoms with Crippen LogP contribution in [0.15, 0.2) is 18.2 Å². The van der Waals surface area contributed by atoms with Crippen molar-refractivity contribution in [2.75, 3.05) is 18.5 Å². The Hall–Kier alpha value is -1.26. The summed E-state index contributed by atoms with van der Waals surface area (Å²) in [4.78, 5) is 12.4. The van der Waals surface area contributed by atoms with Crippen molar-refractivity contribution in [2.24, 2.45) is 11.1 Å². The standard InChI is InChI=1S/C18H26N2O2.ClH/c19-13-18(8-2-1-3-9-18)12-17(21)20-15-6-7-16-14(11-15)5-4-10-22-16;/h6-7,11H,1-5,8-10,12-13,19H2,(H,20,21);1H. The summed E-state index contributed by atoms with van der Waals surface area (Å²) in [6, 6.07) is 5.93. The quantitative estimate of drug-likeness (QED) is 0.880. The van der Waals surface area contributed by atoms with Gasteiger partial charge in [0, 0.05) is 12.1 Å². The van der Waals surface area contributed by atoms with E-state index in [1.807, 2.05) is 18.2 Å². The number of rotatable bonds is 4. The summed E-state index contributed by atoms with van der Waals surface area (Å²) in [5, 5.41) is 3.05. The highest BCUT2D eigenvalue weighted by Gasteiger charge is 2.33. The number of nitrogens with one attached hydrogen (secondary N) is 1. The Balaban J connectivity index is 0.00000192. The zero-order chi connectivity index (χ0) is 15.4. The number of carbonyl (C=O) groups excluding carboxylic acids is 1. The maximum Gasteiger partial charge on any atom is 0.224 e. The summed E-state index contributed by atoms with van der Waals surface area (Å²) in [5.74, 6) is 1.04. The summed E-state index contributed by atoms with van der Waals surface area (Å²) in [6.07, 6.45) is 8.42. The lowest BCUT2D eigenvalue weighted by Gasteiger charge is -2.35. The molecule has 4 nitrogen and oxygen atoms in total. The number of ether oxygens (including phenoxy) is 1. The van der Waals surface area contributed by atoms with E-state index in [2.05, 4.69) is 5.32 Å². The molecule has 1 aromatic rings. The monoisotopic (exact) mass is 338 g/mol. The zero-order valence-electron chi connectivity index (χ0n) is 13.6. The lowest BCUT2D eigenvalue weighted by atomic mass is 9.71. The molecule has 0 saturated heterocycles. The molecule has 3 rings (SSSR count). The minimum absolute atomic E-state index is 0. The Bertz CT molecular complexity index is 542. The molecule has 23 heavy (non-hydrogen) atoms. The van der Waals surface area contributed by atoms with Crippen LogP contribution >= 0.6 is 12.4 Å². The number of nitrogens with two attached hydrogens (primary N) is 1. The van der Waals surface area contributed by atoms with Gasteiger partial charge in [0.25, 0.3) is 0 Å². The van der Waals surface area contributed by atoms with Gasteiger partial charge in [-0.15, -0.1) is 12.4 Å². The van der Waals surface area contributed by atoms with E-state index in [1.165, 1.54) is 24.8 Å². The van der Waals surface area contributed by atoms with E-state index in [1.54, 1.807) is 0 Å². The van der Waals surface area contributed by atoms with Crippen molar-refractivity contribution in [3.63, 3.8) is 0 Å². The summed E-state index contributed by atoms with van der Waals surface area (Å²) in [7, 11) is 0. The fourth-order valence-electron chi connectivity index (χ4n) is 3.74. The van der Waals surface area contributed by atoms with Gasteiger partial charge in [-0.05, 0) is 61.4 Å². The number of aryl methyl sites for hydroxylation is 1. The van der Waals surface area contributed by atoms with Crippen LogP contribution in [0, 0.1) is 5.41 Å². The first-order valence-electron chi connectivity index (χ1n) is 8.46. The summed E-state index contributed by atoms with van der Waals surface area (Å²) < 4.78 is 5.61. The number of carbonyl (C=O) groups is 1. The molecule has 0 unspecified atom stereocenters. The molecule has 2 aliphatic rings. The summed E-state index contributed by atoms with van der Waals surface area (Å²) >= 11 is 0. The minimum atomic E-state index is 0. The van der Waals surface area contributed by atoms with Gasteiger partial charge in [-0.2, -0.15) is 0 Å². The predicted octanol–water partition coefficient (Wildman–Crippen LogP) is 3.67. The van der Waals surface area contributed by atoms with E-state index >= 15 is 0 Å². The molecule has 1 amide bonds. The highest BCUT2D eigenvalue weighted by Crippen LogP contribution is 2.38. The maximum atomic E-state index is 12.4. The Morgan fingerprint density at radius 2 is 2.00 bits per heavy atom. The molecule has 0 aromatic heterocycles. The fraction of sp³-hybridized carbons (Fsp3) is 0.611. The van der Waals surface area contributed by atoms with Crippen LogP contribution in [0.1, 0.15) is 50.5 Å². The zero-order valence-corrected chi connectivity index (χ0v) is 14.4. The van der Waals surface area contributed by atoms with Crippen molar-refractivity contribution in [1.29, 1.82) is 0 Å². The van der Waals surface area contributed by atoms with E-state index in [4.69, 9.17) is 10.5 Å². The smallest absolute Gasteiger partial charge is 0.224 e. The highest BCUT2D eigenvalue weighted by molar-refractivity contribution is 5.91. The lowest BCUT2D eigenvalue weighted by Crippen LogP contribution is -2.36. The van der Waals surface area contributed by atoms with E-state index < -0.39 is 0 Å². The van der Waals surface area contributed by atoms with Crippen LogP contribution in [0.4, 0.5) is 5.69 Å². The summed E-state index contributed by atoms with van der Waals surface area (Å²) in [5.41, 5.74) is 8.05. The van der Waals surface area contributed by atoms with Gasteiger partial charge in [-0.25, -0.2) is 0 Å². The number of fused-ring (bicyclic) bond motifs is 1. The Morgan fingerprint density at radius 3 is 2.74 bits per heavy atom. The van der Waals surface area contributed by atoms with Crippen molar-refractivity contribution < 1.29 is 9.53 Å². The van der Waals surface area contributed by atoms with Crippen LogP contribution in [0.2, 0.25) is 0 Å². The van der Waals surface area contributed by atoms with E-state index in [9.17, 15) is 4.79 Å². The molecular weight excluding hydrogens is 312 g/mol. The molecule has 3 N–H and O–H groups in total. The molecule has 0 atom stereocenters. The number of amides is 1. The average molecular weight is 339 g/mol.